The van der Waals surface area contributed by atoms with Gasteiger partial charge in [0.2, 0.25) is 5.76 Å². The van der Waals surface area contributed by atoms with Gasteiger partial charge in [0.05, 0.1) is 29.8 Å². The fourth-order valence-electron chi connectivity index (χ4n) is 4.45. The summed E-state index contributed by atoms with van der Waals surface area (Å²) in [6, 6.07) is 7.43. The topological polar surface area (TPSA) is 108 Å². The van der Waals surface area contributed by atoms with Crippen molar-refractivity contribution in [3.8, 4) is 11.5 Å². The molecule has 204 valence electrons. The van der Waals surface area contributed by atoms with Crippen molar-refractivity contribution in [3.05, 3.63) is 105 Å². The normalized spacial score (nSPS) is 14.2. The van der Waals surface area contributed by atoms with E-state index in [-0.39, 0.29) is 45.5 Å². The number of hydrogen-bond acceptors (Lipinski definition) is 9. The highest BCUT2D eigenvalue weighted by Gasteiger charge is 2.45. The van der Waals surface area contributed by atoms with Gasteiger partial charge >= 0.3 is 5.97 Å². The maximum absolute atomic E-state index is 14.1. The summed E-state index contributed by atoms with van der Waals surface area (Å²) in [6.07, 6.45) is 3.02. The standard InChI is InChI=1S/C29H23FN2O7S/c1-5-11-37-20-9-7-16(13-21(20)36-4)23-22-24(33)18-14-17(30)8-10-19(18)39-25(22)27(34)32(23)29-31-15(3)26(40-29)28(35)38-12-6-2/h5-10,13-14,23H,1-2,11-12H2,3-4H3. The summed E-state index contributed by atoms with van der Waals surface area (Å²) in [5.41, 5.74) is 0.319. The number of hydrogen-bond donors (Lipinski definition) is 0. The molecule has 1 aliphatic heterocycles. The van der Waals surface area contributed by atoms with Crippen molar-refractivity contribution < 1.29 is 32.6 Å². The first-order chi connectivity index (χ1) is 19.3. The van der Waals surface area contributed by atoms with Gasteiger partial charge in [-0.2, -0.15) is 0 Å². The van der Waals surface area contributed by atoms with Crippen LogP contribution in [-0.2, 0) is 4.74 Å². The van der Waals surface area contributed by atoms with Crippen LogP contribution in [0.4, 0.5) is 9.52 Å². The second-order valence-electron chi connectivity index (χ2n) is 8.70. The quantitative estimate of drug-likeness (QED) is 0.198. The molecule has 0 N–H and O–H groups in total. The van der Waals surface area contributed by atoms with Gasteiger partial charge in [0.1, 0.15) is 29.5 Å². The lowest BCUT2D eigenvalue weighted by atomic mass is 9.98. The van der Waals surface area contributed by atoms with Gasteiger partial charge in [-0.3, -0.25) is 14.5 Å². The molecule has 0 radical (unpaired) electrons. The van der Waals surface area contributed by atoms with Gasteiger partial charge < -0.3 is 18.6 Å². The summed E-state index contributed by atoms with van der Waals surface area (Å²) in [7, 11) is 1.46. The van der Waals surface area contributed by atoms with Gasteiger partial charge in [0.25, 0.3) is 5.91 Å². The number of aromatic nitrogens is 1. The van der Waals surface area contributed by atoms with E-state index in [0.717, 1.165) is 23.5 Å². The number of nitrogens with zero attached hydrogens (tertiary/aromatic N) is 2. The van der Waals surface area contributed by atoms with E-state index in [1.54, 1.807) is 31.2 Å². The predicted octanol–water partition coefficient (Wildman–Crippen LogP) is 5.36. The van der Waals surface area contributed by atoms with Crippen molar-refractivity contribution in [2.24, 2.45) is 0 Å². The molecular formula is C29H23FN2O7S. The highest BCUT2D eigenvalue weighted by molar-refractivity contribution is 7.17. The van der Waals surface area contributed by atoms with Gasteiger partial charge in [0.15, 0.2) is 22.1 Å². The number of ether oxygens (including phenoxy) is 3. The molecule has 1 amide bonds. The lowest BCUT2D eigenvalue weighted by molar-refractivity contribution is 0.0554. The van der Waals surface area contributed by atoms with Crippen LogP contribution in [0.1, 0.15) is 43.1 Å². The van der Waals surface area contributed by atoms with Crippen LogP contribution in [-0.4, -0.2) is 37.2 Å². The van der Waals surface area contributed by atoms with E-state index in [2.05, 4.69) is 18.1 Å². The van der Waals surface area contributed by atoms with Crippen molar-refractivity contribution in [1.82, 2.24) is 4.98 Å². The van der Waals surface area contributed by atoms with Crippen LogP contribution in [0, 0.1) is 12.7 Å². The van der Waals surface area contributed by atoms with E-state index >= 15 is 0 Å². The van der Waals surface area contributed by atoms with Crippen molar-refractivity contribution >= 4 is 39.3 Å². The van der Waals surface area contributed by atoms with Crippen LogP contribution < -0.4 is 19.8 Å². The highest BCUT2D eigenvalue weighted by Crippen LogP contribution is 2.45. The predicted molar refractivity (Wildman–Crippen MR) is 147 cm³/mol. The molecule has 0 saturated carbocycles. The fraction of sp³-hybridized carbons (Fsp3) is 0.172. The van der Waals surface area contributed by atoms with Gasteiger partial charge in [0, 0.05) is 0 Å². The number of benzene rings is 2. The zero-order chi connectivity index (χ0) is 28.6. The molecule has 5 rings (SSSR count). The first-order valence-electron chi connectivity index (χ1n) is 12.1. The third-order valence-electron chi connectivity index (χ3n) is 6.20. The van der Waals surface area contributed by atoms with E-state index in [0.29, 0.717) is 22.8 Å². The zero-order valence-electron chi connectivity index (χ0n) is 21.6. The highest BCUT2D eigenvalue weighted by atomic mass is 32.1. The number of thiazole rings is 1. The maximum Gasteiger partial charge on any atom is 0.350 e. The average Bonchev–Trinajstić information content (AvgIpc) is 3.48. The smallest absolute Gasteiger partial charge is 0.350 e. The Kier molecular flexibility index (Phi) is 7.22. The minimum Gasteiger partial charge on any atom is -0.493 e. The van der Waals surface area contributed by atoms with Crippen LogP contribution in [0.25, 0.3) is 11.0 Å². The number of methoxy groups -OCH3 is 1. The van der Waals surface area contributed by atoms with E-state index in [1.165, 1.54) is 24.2 Å². The number of halogens is 1. The Balaban J connectivity index is 1.72. The molecule has 2 aromatic carbocycles. The van der Waals surface area contributed by atoms with Crippen molar-refractivity contribution in [2.45, 2.75) is 13.0 Å². The SMILES string of the molecule is C=CCOC(=O)c1sc(N2C(=O)c3oc4ccc(F)cc4c(=O)c3C2c2ccc(OCC=C)c(OC)c2)nc1C. The Labute approximate surface area is 231 Å². The van der Waals surface area contributed by atoms with Crippen LogP contribution in [0.3, 0.4) is 0 Å². The van der Waals surface area contributed by atoms with E-state index in [9.17, 15) is 18.8 Å². The molecule has 11 heteroatoms. The minimum absolute atomic E-state index is 0.00383. The van der Waals surface area contributed by atoms with Gasteiger partial charge in [-0.25, -0.2) is 14.2 Å². The summed E-state index contributed by atoms with van der Waals surface area (Å²) < 4.78 is 36.3. The molecule has 2 aromatic heterocycles. The number of anilines is 1. The maximum atomic E-state index is 14.1. The number of rotatable bonds is 9. The third kappa shape index (κ3) is 4.54. The first-order valence-corrected chi connectivity index (χ1v) is 12.9. The molecule has 9 nitrogen and oxygen atoms in total. The number of carbonyl (C=O) groups is 2. The lowest BCUT2D eigenvalue weighted by Crippen LogP contribution is -2.29. The fourth-order valence-corrected chi connectivity index (χ4v) is 5.44. The summed E-state index contributed by atoms with van der Waals surface area (Å²) >= 11 is 0.939. The Bertz CT molecular complexity index is 1740. The van der Waals surface area contributed by atoms with Crippen molar-refractivity contribution in [2.75, 3.05) is 25.2 Å². The molecular weight excluding hydrogens is 539 g/mol. The van der Waals surface area contributed by atoms with Gasteiger partial charge in [-0.1, -0.05) is 42.7 Å². The Morgan fingerprint density at radius 2 is 1.93 bits per heavy atom. The minimum atomic E-state index is -1.03. The van der Waals surface area contributed by atoms with E-state index in [1.807, 2.05) is 0 Å². The third-order valence-corrected chi connectivity index (χ3v) is 7.34. The number of aryl methyl sites for hydroxylation is 1. The molecule has 0 fully saturated rings. The van der Waals surface area contributed by atoms with E-state index in [4.69, 9.17) is 18.6 Å². The van der Waals surface area contributed by atoms with Crippen molar-refractivity contribution in [1.29, 1.82) is 0 Å². The number of carbonyl (C=O) groups excluding carboxylic acids is 2. The monoisotopic (exact) mass is 562 g/mol. The molecule has 0 aliphatic carbocycles. The summed E-state index contributed by atoms with van der Waals surface area (Å²) in [5.74, 6) is -1.32. The lowest BCUT2D eigenvalue weighted by Gasteiger charge is -2.23. The molecule has 4 aromatic rings. The summed E-state index contributed by atoms with van der Waals surface area (Å²) in [5, 5.41) is 0.130. The molecule has 3 heterocycles. The molecule has 1 aliphatic rings. The van der Waals surface area contributed by atoms with Crippen LogP contribution in [0.15, 0.2) is 70.9 Å². The number of esters is 1. The Morgan fingerprint density at radius 1 is 1.15 bits per heavy atom. The van der Waals surface area contributed by atoms with Crippen molar-refractivity contribution in [3.63, 3.8) is 0 Å². The van der Waals surface area contributed by atoms with E-state index < -0.39 is 29.2 Å². The van der Waals surface area contributed by atoms with Crippen LogP contribution in [0.2, 0.25) is 0 Å². The van der Waals surface area contributed by atoms with Gasteiger partial charge in [-0.15, -0.1) is 0 Å². The molecule has 0 saturated heterocycles. The second kappa shape index (κ2) is 10.8. The first kappa shape index (κ1) is 26.8. The Hall–Kier alpha value is -4.77. The largest absolute Gasteiger partial charge is 0.493 e. The molecule has 1 unspecified atom stereocenters. The van der Waals surface area contributed by atoms with Gasteiger partial charge in [-0.05, 0) is 42.8 Å². The molecule has 1 atom stereocenters. The second-order valence-corrected chi connectivity index (χ2v) is 9.68. The zero-order valence-corrected chi connectivity index (χ0v) is 22.4. The molecule has 40 heavy (non-hydrogen) atoms. The number of fused-ring (bicyclic) bond motifs is 2. The average molecular weight is 563 g/mol. The molecule has 0 bridgehead atoms. The summed E-state index contributed by atoms with van der Waals surface area (Å²) in [6.45, 7) is 9.03. The van der Waals surface area contributed by atoms with Crippen LogP contribution >= 0.6 is 11.3 Å². The Morgan fingerprint density at radius 3 is 2.65 bits per heavy atom. The number of amides is 1. The van der Waals surface area contributed by atoms with Crippen LogP contribution in [0.5, 0.6) is 11.5 Å². The molecule has 0 spiro atoms. The summed E-state index contributed by atoms with van der Waals surface area (Å²) in [4.78, 5) is 46.2.